The molecule has 1 saturated heterocycles. The van der Waals surface area contributed by atoms with Crippen LogP contribution in [0.3, 0.4) is 0 Å². The molecule has 1 N–H and O–H groups in total. The van der Waals surface area contributed by atoms with Gasteiger partial charge < -0.3 is 14.5 Å². The number of carbonyl (C=O) groups is 1. The highest BCUT2D eigenvalue weighted by Crippen LogP contribution is 2.33. The Bertz CT molecular complexity index is 1070. The van der Waals surface area contributed by atoms with Crippen molar-refractivity contribution in [3.8, 4) is 0 Å². The van der Waals surface area contributed by atoms with Gasteiger partial charge in [0.05, 0.1) is 18.3 Å². The van der Waals surface area contributed by atoms with Crippen LogP contribution in [0.25, 0.3) is 11.0 Å². The Balaban J connectivity index is 1.24. The number of hydrogen-bond acceptors (Lipinski definition) is 5. The average Bonchev–Trinajstić information content (AvgIpc) is 3.33. The lowest BCUT2D eigenvalue weighted by molar-refractivity contribution is 0.0539. The van der Waals surface area contributed by atoms with Crippen molar-refractivity contribution < 1.29 is 18.8 Å². The molecule has 6 nitrogen and oxygen atoms in total. The summed E-state index contributed by atoms with van der Waals surface area (Å²) in [5.74, 6) is -0.0466. The van der Waals surface area contributed by atoms with Gasteiger partial charge in [-0.1, -0.05) is 23.4 Å². The summed E-state index contributed by atoms with van der Waals surface area (Å²) >= 11 is 0. The Morgan fingerprint density at radius 2 is 2.00 bits per heavy atom. The predicted molar refractivity (Wildman–Crippen MR) is 110 cm³/mol. The van der Waals surface area contributed by atoms with Gasteiger partial charge in [-0.2, -0.15) is 0 Å². The maximum absolute atomic E-state index is 13.4. The van der Waals surface area contributed by atoms with Crippen molar-refractivity contribution in [1.29, 1.82) is 0 Å². The number of aromatic nitrogens is 1. The number of aliphatic hydroxyl groups is 1. The van der Waals surface area contributed by atoms with E-state index < -0.39 is 0 Å². The van der Waals surface area contributed by atoms with E-state index in [0.717, 1.165) is 48.1 Å². The molecule has 5 rings (SSSR count). The van der Waals surface area contributed by atoms with Gasteiger partial charge in [0.1, 0.15) is 5.82 Å². The average molecular weight is 409 g/mol. The van der Waals surface area contributed by atoms with Crippen LogP contribution in [0, 0.1) is 5.82 Å². The van der Waals surface area contributed by atoms with Gasteiger partial charge in [-0.3, -0.25) is 9.69 Å². The van der Waals surface area contributed by atoms with Gasteiger partial charge in [-0.05, 0) is 49.7 Å². The molecule has 0 bridgehead atoms. The fourth-order valence-corrected chi connectivity index (χ4v) is 4.77. The Hall–Kier alpha value is -2.77. The first-order chi connectivity index (χ1) is 14.6. The number of benzene rings is 2. The van der Waals surface area contributed by atoms with Crippen molar-refractivity contribution in [1.82, 2.24) is 15.0 Å². The van der Waals surface area contributed by atoms with Gasteiger partial charge in [0.15, 0.2) is 5.58 Å². The molecule has 7 heteroatoms. The van der Waals surface area contributed by atoms with Crippen molar-refractivity contribution in [2.75, 3.05) is 26.2 Å². The molecule has 2 aliphatic heterocycles. The summed E-state index contributed by atoms with van der Waals surface area (Å²) < 4.78 is 18.7. The topological polar surface area (TPSA) is 69.8 Å². The van der Waals surface area contributed by atoms with Crippen molar-refractivity contribution in [3.63, 3.8) is 0 Å². The lowest BCUT2D eigenvalue weighted by Gasteiger charge is -2.37. The van der Waals surface area contributed by atoms with Gasteiger partial charge in [-0.25, -0.2) is 4.39 Å². The minimum absolute atomic E-state index is 0.0109. The molecule has 2 aliphatic rings. The molecule has 1 aromatic heterocycles. The van der Waals surface area contributed by atoms with E-state index in [2.05, 4.69) is 10.1 Å². The van der Waals surface area contributed by atoms with Crippen LogP contribution in [0.5, 0.6) is 0 Å². The van der Waals surface area contributed by atoms with E-state index in [9.17, 15) is 14.3 Å². The summed E-state index contributed by atoms with van der Waals surface area (Å²) in [5, 5.41) is 15.1. The van der Waals surface area contributed by atoms with Gasteiger partial charge in [0.2, 0.25) is 0 Å². The lowest BCUT2D eigenvalue weighted by Crippen LogP contribution is -2.49. The van der Waals surface area contributed by atoms with E-state index in [1.807, 2.05) is 29.2 Å². The highest BCUT2D eigenvalue weighted by atomic mass is 19.1. The number of aliphatic hydroxyl groups excluding tert-OH is 1. The zero-order valence-electron chi connectivity index (χ0n) is 16.6. The molecule has 1 amide bonds. The Morgan fingerprint density at radius 1 is 1.20 bits per heavy atom. The minimum Gasteiger partial charge on any atom is -0.395 e. The fourth-order valence-electron chi connectivity index (χ4n) is 4.77. The largest absolute Gasteiger partial charge is 0.395 e. The smallest absolute Gasteiger partial charge is 0.254 e. The van der Waals surface area contributed by atoms with E-state index in [0.29, 0.717) is 18.7 Å². The number of likely N-dealkylation sites (tertiary alicyclic amines) is 1. The summed E-state index contributed by atoms with van der Waals surface area (Å²) in [6.45, 7) is 2.74. The first-order valence-corrected chi connectivity index (χ1v) is 10.4. The molecule has 30 heavy (non-hydrogen) atoms. The van der Waals surface area contributed by atoms with Crippen LogP contribution in [0.2, 0.25) is 0 Å². The van der Waals surface area contributed by atoms with Gasteiger partial charge in [-0.15, -0.1) is 0 Å². The molecule has 2 aromatic carbocycles. The highest BCUT2D eigenvalue weighted by Gasteiger charge is 2.33. The standard InChI is InChI=1S/C23H24FN3O3/c24-17-5-6-20-21(11-17)30-25-22(20)15-7-9-26(10-8-15)18(14-28)13-27-12-16-3-1-2-4-19(16)23(27)29/h1-6,11,15,18,28H,7-10,12-14H2. The van der Waals surface area contributed by atoms with E-state index >= 15 is 0 Å². The van der Waals surface area contributed by atoms with Crippen LogP contribution < -0.4 is 0 Å². The molecule has 156 valence electrons. The summed E-state index contributed by atoms with van der Waals surface area (Å²) in [6.07, 6.45) is 1.76. The molecule has 3 heterocycles. The Morgan fingerprint density at radius 3 is 2.77 bits per heavy atom. The zero-order valence-corrected chi connectivity index (χ0v) is 16.6. The molecule has 0 radical (unpaired) electrons. The molecule has 0 saturated carbocycles. The van der Waals surface area contributed by atoms with E-state index in [4.69, 9.17) is 4.52 Å². The summed E-state index contributed by atoms with van der Waals surface area (Å²) in [7, 11) is 0. The Kier molecular flexibility index (Phi) is 5.00. The quantitative estimate of drug-likeness (QED) is 0.701. The predicted octanol–water partition coefficient (Wildman–Crippen LogP) is 3.16. The van der Waals surface area contributed by atoms with Crippen LogP contribution in [0.1, 0.15) is 40.4 Å². The lowest BCUT2D eigenvalue weighted by atomic mass is 9.91. The minimum atomic E-state index is -0.329. The van der Waals surface area contributed by atoms with E-state index in [-0.39, 0.29) is 30.3 Å². The maximum Gasteiger partial charge on any atom is 0.254 e. The number of piperidine rings is 1. The van der Waals surface area contributed by atoms with E-state index in [1.165, 1.54) is 12.1 Å². The summed E-state index contributed by atoms with van der Waals surface area (Å²) in [5.41, 5.74) is 3.18. The van der Waals surface area contributed by atoms with Crippen LogP contribution >= 0.6 is 0 Å². The third kappa shape index (κ3) is 3.38. The van der Waals surface area contributed by atoms with Gasteiger partial charge in [0, 0.05) is 36.0 Å². The second-order valence-electron chi connectivity index (χ2n) is 8.20. The molecular formula is C23H24FN3O3. The second-order valence-corrected chi connectivity index (χ2v) is 8.20. The highest BCUT2D eigenvalue weighted by molar-refractivity contribution is 5.98. The number of fused-ring (bicyclic) bond motifs is 2. The van der Waals surface area contributed by atoms with Crippen LogP contribution in [0.15, 0.2) is 47.0 Å². The normalized spacial score (nSPS) is 18.9. The molecule has 0 aliphatic carbocycles. The zero-order chi connectivity index (χ0) is 20.7. The second kappa shape index (κ2) is 7.81. The fraction of sp³-hybridized carbons (Fsp3) is 0.391. The molecule has 3 aromatic rings. The number of amides is 1. The third-order valence-corrected chi connectivity index (χ3v) is 6.43. The van der Waals surface area contributed by atoms with Crippen molar-refractivity contribution in [2.24, 2.45) is 0 Å². The first-order valence-electron chi connectivity index (χ1n) is 10.4. The van der Waals surface area contributed by atoms with Gasteiger partial charge >= 0.3 is 0 Å². The summed E-state index contributed by atoms with van der Waals surface area (Å²) in [6, 6.07) is 12.1. The third-order valence-electron chi connectivity index (χ3n) is 6.43. The number of carbonyl (C=O) groups excluding carboxylic acids is 1. The van der Waals surface area contributed by atoms with E-state index in [1.54, 1.807) is 6.07 Å². The monoisotopic (exact) mass is 409 g/mol. The van der Waals surface area contributed by atoms with Gasteiger partial charge in [0.25, 0.3) is 5.91 Å². The number of halogens is 1. The molecule has 1 unspecified atom stereocenters. The number of rotatable bonds is 5. The molecular weight excluding hydrogens is 385 g/mol. The summed E-state index contributed by atoms with van der Waals surface area (Å²) in [4.78, 5) is 16.8. The maximum atomic E-state index is 13.4. The number of hydrogen-bond donors (Lipinski definition) is 1. The van der Waals surface area contributed by atoms with Crippen LogP contribution in [0.4, 0.5) is 4.39 Å². The SMILES string of the molecule is O=C1c2ccccc2CN1CC(CO)N1CCC(c2noc3cc(F)ccc23)CC1. The molecule has 0 spiro atoms. The van der Waals surface area contributed by atoms with Crippen molar-refractivity contribution in [3.05, 3.63) is 65.1 Å². The number of nitrogens with zero attached hydrogens (tertiary/aromatic N) is 3. The molecule has 1 fully saturated rings. The van der Waals surface area contributed by atoms with Crippen LogP contribution in [-0.4, -0.2) is 58.3 Å². The first kappa shape index (κ1) is 19.2. The van der Waals surface area contributed by atoms with Crippen LogP contribution in [-0.2, 0) is 6.54 Å². The Labute approximate surface area is 173 Å². The molecule has 1 atom stereocenters. The van der Waals surface area contributed by atoms with Crippen molar-refractivity contribution >= 4 is 16.9 Å². The van der Waals surface area contributed by atoms with Crippen molar-refractivity contribution in [2.45, 2.75) is 31.3 Å².